The van der Waals surface area contributed by atoms with Crippen LogP contribution in [0, 0.1) is 5.92 Å². The lowest BCUT2D eigenvalue weighted by Crippen LogP contribution is -2.44. The fourth-order valence-corrected chi connectivity index (χ4v) is 5.78. The standard InChI is InChI=1S/C26H43N6O12P/c1-13(2)9-16(22(34)42-14(3)4)31-45(37,41-12-39-25(35)43-15(5)6)40-10-17-19(33)26(7,36)23(44-17)32-11-28-18-20(32)29-24(27)30-21(18)38-8/h11,13-17,19,23,33,36H,9-10,12H2,1-8H3,(H,31,37)(H2,27,29,30)/t16-,17?,19+,23?,26+,45?/m0/s1. The van der Waals surface area contributed by atoms with Gasteiger partial charge in [0.25, 0.3) is 0 Å². The van der Waals surface area contributed by atoms with Crippen LogP contribution < -0.4 is 15.6 Å². The number of aliphatic hydroxyl groups is 2. The first kappa shape index (κ1) is 36.3. The van der Waals surface area contributed by atoms with Gasteiger partial charge in [-0.25, -0.2) is 19.4 Å². The lowest BCUT2D eigenvalue weighted by molar-refractivity contribution is -0.150. The van der Waals surface area contributed by atoms with Crippen molar-refractivity contribution < 1.29 is 57.1 Å². The fourth-order valence-electron chi connectivity index (χ4n) is 4.43. The lowest BCUT2D eigenvalue weighted by atomic mass is 9.96. The number of ether oxygens (including phenoxy) is 5. The first-order chi connectivity index (χ1) is 21.0. The molecular formula is C26H43N6O12P. The number of carbonyl (C=O) groups excluding carboxylic acids is 2. The van der Waals surface area contributed by atoms with Gasteiger partial charge in [0.1, 0.15) is 23.9 Å². The van der Waals surface area contributed by atoms with Crippen LogP contribution >= 0.6 is 7.75 Å². The topological polar surface area (TPSA) is 238 Å². The quantitative estimate of drug-likeness (QED) is 0.121. The largest absolute Gasteiger partial charge is 0.510 e. The summed E-state index contributed by atoms with van der Waals surface area (Å²) in [5, 5.41) is 24.9. The molecule has 254 valence electrons. The van der Waals surface area contributed by atoms with Crippen molar-refractivity contribution >= 4 is 37.0 Å². The van der Waals surface area contributed by atoms with E-state index in [0.29, 0.717) is 0 Å². The highest BCUT2D eigenvalue weighted by atomic mass is 31.2. The maximum absolute atomic E-state index is 14.0. The number of aliphatic hydroxyl groups excluding tert-OH is 1. The van der Waals surface area contributed by atoms with Gasteiger partial charge < -0.3 is 39.6 Å². The number of methoxy groups -OCH3 is 1. The van der Waals surface area contributed by atoms with Crippen LogP contribution in [-0.4, -0.2) is 98.4 Å². The van der Waals surface area contributed by atoms with Gasteiger partial charge in [-0.1, -0.05) is 13.8 Å². The summed E-state index contributed by atoms with van der Waals surface area (Å²) < 4.78 is 52.4. The third-order valence-corrected chi connectivity index (χ3v) is 7.97. The number of aromatic nitrogens is 4. The number of nitrogens with one attached hydrogen (secondary N) is 1. The van der Waals surface area contributed by atoms with E-state index in [-0.39, 0.29) is 35.3 Å². The molecule has 6 atom stereocenters. The van der Waals surface area contributed by atoms with Gasteiger partial charge in [-0.3, -0.25) is 18.4 Å². The minimum Gasteiger partial charge on any atom is -0.479 e. The molecule has 5 N–H and O–H groups in total. The molecule has 2 aromatic rings. The summed E-state index contributed by atoms with van der Waals surface area (Å²) in [7, 11) is -3.13. The van der Waals surface area contributed by atoms with Crippen molar-refractivity contribution in [3.8, 4) is 5.88 Å². The lowest BCUT2D eigenvalue weighted by Gasteiger charge is -2.28. The molecule has 0 aromatic carbocycles. The normalized spacial score (nSPS) is 23.8. The molecule has 0 bridgehead atoms. The highest BCUT2D eigenvalue weighted by Crippen LogP contribution is 2.47. The van der Waals surface area contributed by atoms with E-state index in [4.69, 9.17) is 38.5 Å². The van der Waals surface area contributed by atoms with Gasteiger partial charge in [-0.2, -0.15) is 9.97 Å². The third kappa shape index (κ3) is 9.22. The summed E-state index contributed by atoms with van der Waals surface area (Å²) in [6, 6.07) is -1.15. The Bertz CT molecular complexity index is 1370. The molecule has 0 aliphatic carbocycles. The van der Waals surface area contributed by atoms with Crippen LogP contribution in [0.25, 0.3) is 11.2 Å². The van der Waals surface area contributed by atoms with Gasteiger partial charge in [-0.05, 0) is 47.0 Å². The number of nitrogens with zero attached hydrogens (tertiary/aromatic N) is 4. The highest BCUT2D eigenvalue weighted by Gasteiger charge is 2.54. The molecule has 1 aliphatic heterocycles. The van der Waals surface area contributed by atoms with Crippen molar-refractivity contribution in [1.82, 2.24) is 24.6 Å². The van der Waals surface area contributed by atoms with E-state index in [1.165, 1.54) is 24.9 Å². The molecule has 2 aromatic heterocycles. The molecular weight excluding hydrogens is 619 g/mol. The molecule has 45 heavy (non-hydrogen) atoms. The van der Waals surface area contributed by atoms with E-state index < -0.39 is 75.6 Å². The van der Waals surface area contributed by atoms with E-state index in [1.807, 2.05) is 13.8 Å². The number of rotatable bonds is 15. The van der Waals surface area contributed by atoms with Gasteiger partial charge in [-0.15, -0.1) is 0 Å². The number of imidazole rings is 1. The van der Waals surface area contributed by atoms with E-state index in [1.54, 1.807) is 27.7 Å². The first-order valence-corrected chi connectivity index (χ1v) is 15.8. The summed E-state index contributed by atoms with van der Waals surface area (Å²) in [6.07, 6.45) is -4.72. The Morgan fingerprint density at radius 2 is 1.82 bits per heavy atom. The highest BCUT2D eigenvalue weighted by molar-refractivity contribution is 7.51. The second-order valence-electron chi connectivity index (χ2n) is 11.5. The molecule has 0 amide bonds. The molecule has 0 spiro atoms. The van der Waals surface area contributed by atoms with Crippen LogP contribution in [-0.2, 0) is 37.4 Å². The van der Waals surface area contributed by atoms with Crippen molar-refractivity contribution in [2.45, 2.75) is 97.2 Å². The van der Waals surface area contributed by atoms with Crippen molar-refractivity contribution in [2.75, 3.05) is 26.2 Å². The Morgan fingerprint density at radius 3 is 2.42 bits per heavy atom. The van der Waals surface area contributed by atoms with E-state index in [9.17, 15) is 24.4 Å². The Morgan fingerprint density at radius 1 is 1.16 bits per heavy atom. The molecule has 3 rings (SSSR count). The zero-order chi connectivity index (χ0) is 33.7. The van der Waals surface area contributed by atoms with Crippen LogP contribution in [0.4, 0.5) is 10.7 Å². The zero-order valence-electron chi connectivity index (χ0n) is 26.5. The number of nitrogens with two attached hydrogens (primary N) is 1. The summed E-state index contributed by atoms with van der Waals surface area (Å²) in [5.74, 6) is -0.806. The van der Waals surface area contributed by atoms with Gasteiger partial charge in [0.15, 0.2) is 17.4 Å². The SMILES string of the molecule is COc1nc(N)nc2c1ncn2C1OC(COP(=O)(N[C@@H](CC(C)C)C(=O)OC(C)C)OCOC(=O)OC(C)C)[C@@H](O)[C@@]1(C)O. The van der Waals surface area contributed by atoms with Crippen molar-refractivity contribution in [2.24, 2.45) is 5.92 Å². The van der Waals surface area contributed by atoms with E-state index in [0.717, 1.165) is 0 Å². The van der Waals surface area contributed by atoms with Crippen molar-refractivity contribution in [3.63, 3.8) is 0 Å². The number of nitrogen functional groups attached to an aromatic ring is 1. The van der Waals surface area contributed by atoms with Gasteiger partial charge >= 0.3 is 19.9 Å². The number of hydrogen-bond acceptors (Lipinski definition) is 16. The summed E-state index contributed by atoms with van der Waals surface area (Å²) in [5.41, 5.74) is 4.24. The smallest absolute Gasteiger partial charge is 0.479 e. The Hall–Kier alpha value is -3.12. The predicted octanol–water partition coefficient (Wildman–Crippen LogP) is 2.04. The molecule has 19 heteroatoms. The van der Waals surface area contributed by atoms with Crippen LogP contribution in [0.3, 0.4) is 0 Å². The predicted molar refractivity (Wildman–Crippen MR) is 157 cm³/mol. The monoisotopic (exact) mass is 662 g/mol. The number of esters is 1. The summed E-state index contributed by atoms with van der Waals surface area (Å²) in [6.45, 7) is 10.0. The number of fused-ring (bicyclic) bond motifs is 1. The average molecular weight is 663 g/mol. The Labute approximate surface area is 260 Å². The number of hydrogen-bond donors (Lipinski definition) is 4. The molecule has 1 aliphatic rings. The third-order valence-electron chi connectivity index (χ3n) is 6.40. The van der Waals surface area contributed by atoms with Crippen LogP contribution in [0.15, 0.2) is 6.33 Å². The molecule has 3 unspecified atom stereocenters. The second-order valence-corrected chi connectivity index (χ2v) is 13.3. The van der Waals surface area contributed by atoms with Gasteiger partial charge in [0.05, 0.1) is 32.3 Å². The minimum atomic E-state index is -4.51. The Kier molecular flexibility index (Phi) is 12.1. The van der Waals surface area contributed by atoms with E-state index >= 15 is 0 Å². The minimum absolute atomic E-state index is 0.0507. The summed E-state index contributed by atoms with van der Waals surface area (Å²) in [4.78, 5) is 37.1. The second kappa shape index (κ2) is 15.0. The number of carbonyl (C=O) groups is 2. The number of anilines is 1. The van der Waals surface area contributed by atoms with Crippen molar-refractivity contribution in [3.05, 3.63) is 6.33 Å². The summed E-state index contributed by atoms with van der Waals surface area (Å²) >= 11 is 0. The molecule has 1 saturated heterocycles. The maximum atomic E-state index is 14.0. The molecule has 3 heterocycles. The average Bonchev–Trinajstić information content (AvgIpc) is 3.43. The molecule has 1 fully saturated rings. The van der Waals surface area contributed by atoms with Crippen molar-refractivity contribution in [1.29, 1.82) is 0 Å². The van der Waals surface area contributed by atoms with Crippen LogP contribution in [0.5, 0.6) is 5.88 Å². The van der Waals surface area contributed by atoms with Crippen LogP contribution in [0.2, 0.25) is 0 Å². The van der Waals surface area contributed by atoms with Crippen LogP contribution in [0.1, 0.15) is 61.1 Å². The first-order valence-electron chi connectivity index (χ1n) is 14.3. The molecule has 0 saturated carbocycles. The molecule has 18 nitrogen and oxygen atoms in total. The van der Waals surface area contributed by atoms with E-state index in [2.05, 4.69) is 20.0 Å². The fraction of sp³-hybridized carbons (Fsp3) is 0.731. The van der Waals surface area contributed by atoms with Gasteiger partial charge in [0.2, 0.25) is 18.6 Å². The molecule has 0 radical (unpaired) electrons. The maximum Gasteiger partial charge on any atom is 0.510 e. The Balaban J connectivity index is 1.84. The zero-order valence-corrected chi connectivity index (χ0v) is 27.4. The van der Waals surface area contributed by atoms with Gasteiger partial charge in [0, 0.05) is 0 Å².